The molecule has 102 valence electrons. The first-order valence-electron chi connectivity index (χ1n) is 7.32. The van der Waals surface area contributed by atoms with E-state index in [2.05, 4.69) is 58.1 Å². The van der Waals surface area contributed by atoms with E-state index in [4.69, 9.17) is 0 Å². The van der Waals surface area contributed by atoms with Crippen molar-refractivity contribution in [2.45, 2.75) is 59.9 Å². The standard InChI is InChI=1S/C17H29N/c1-6-18-17(10-7-13(2)3)12-16-11-14(4)8-9-15(16)5/h8-9,11,13,17-18H,6-7,10,12H2,1-5H3. The molecule has 0 saturated heterocycles. The van der Waals surface area contributed by atoms with E-state index >= 15 is 0 Å². The van der Waals surface area contributed by atoms with Gasteiger partial charge in [0.15, 0.2) is 0 Å². The molecule has 0 fully saturated rings. The molecule has 1 heteroatoms. The minimum Gasteiger partial charge on any atom is -0.314 e. The second-order valence-corrected chi connectivity index (χ2v) is 5.86. The van der Waals surface area contributed by atoms with E-state index in [1.54, 1.807) is 0 Å². The van der Waals surface area contributed by atoms with Crippen LogP contribution in [0.5, 0.6) is 0 Å². The fourth-order valence-corrected chi connectivity index (χ4v) is 2.39. The molecule has 1 unspecified atom stereocenters. The molecule has 1 aromatic rings. The quantitative estimate of drug-likeness (QED) is 0.759. The van der Waals surface area contributed by atoms with Crippen molar-refractivity contribution < 1.29 is 0 Å². The monoisotopic (exact) mass is 247 g/mol. The van der Waals surface area contributed by atoms with Gasteiger partial charge in [-0.1, -0.05) is 44.5 Å². The summed E-state index contributed by atoms with van der Waals surface area (Å²) in [6.07, 6.45) is 3.75. The second kappa shape index (κ2) is 7.58. The number of nitrogens with one attached hydrogen (secondary N) is 1. The van der Waals surface area contributed by atoms with Crippen LogP contribution in [0.4, 0.5) is 0 Å². The van der Waals surface area contributed by atoms with Crippen LogP contribution < -0.4 is 5.32 Å². The van der Waals surface area contributed by atoms with E-state index in [1.165, 1.54) is 29.5 Å². The summed E-state index contributed by atoms with van der Waals surface area (Å²) in [5, 5.41) is 3.63. The van der Waals surface area contributed by atoms with Crippen LogP contribution in [0.1, 0.15) is 50.3 Å². The molecule has 18 heavy (non-hydrogen) atoms. The summed E-state index contributed by atoms with van der Waals surface area (Å²) in [4.78, 5) is 0. The van der Waals surface area contributed by atoms with Crippen LogP contribution in [0, 0.1) is 19.8 Å². The molecule has 0 spiro atoms. The SMILES string of the molecule is CCNC(CCC(C)C)Cc1cc(C)ccc1C. The highest BCUT2D eigenvalue weighted by Gasteiger charge is 2.11. The molecule has 0 aliphatic rings. The predicted octanol–water partition coefficient (Wildman–Crippen LogP) is 4.26. The Morgan fingerprint density at radius 1 is 1.11 bits per heavy atom. The third-order valence-electron chi connectivity index (χ3n) is 3.56. The van der Waals surface area contributed by atoms with Gasteiger partial charge in [0.25, 0.3) is 0 Å². The zero-order valence-electron chi connectivity index (χ0n) is 12.7. The molecule has 0 aliphatic carbocycles. The Bertz CT molecular complexity index is 355. The molecule has 1 N–H and O–H groups in total. The van der Waals surface area contributed by atoms with E-state index in [-0.39, 0.29) is 0 Å². The number of hydrogen-bond acceptors (Lipinski definition) is 1. The molecular weight excluding hydrogens is 218 g/mol. The van der Waals surface area contributed by atoms with Crippen molar-refractivity contribution in [3.8, 4) is 0 Å². The summed E-state index contributed by atoms with van der Waals surface area (Å²) in [5.41, 5.74) is 4.30. The average molecular weight is 247 g/mol. The Labute approximate surface area is 113 Å². The lowest BCUT2D eigenvalue weighted by Gasteiger charge is -2.20. The van der Waals surface area contributed by atoms with Crippen LogP contribution in [-0.2, 0) is 6.42 Å². The fourth-order valence-electron chi connectivity index (χ4n) is 2.39. The van der Waals surface area contributed by atoms with Gasteiger partial charge in [-0.15, -0.1) is 0 Å². The van der Waals surface area contributed by atoms with Crippen LogP contribution in [0.2, 0.25) is 0 Å². The topological polar surface area (TPSA) is 12.0 Å². The predicted molar refractivity (Wildman–Crippen MR) is 81.2 cm³/mol. The van der Waals surface area contributed by atoms with Crippen molar-refractivity contribution in [1.29, 1.82) is 0 Å². The second-order valence-electron chi connectivity index (χ2n) is 5.86. The summed E-state index contributed by atoms with van der Waals surface area (Å²) < 4.78 is 0. The molecule has 0 radical (unpaired) electrons. The van der Waals surface area contributed by atoms with E-state index in [9.17, 15) is 0 Å². The maximum Gasteiger partial charge on any atom is 0.0108 e. The Morgan fingerprint density at radius 2 is 1.83 bits per heavy atom. The van der Waals surface area contributed by atoms with E-state index < -0.39 is 0 Å². The molecule has 1 rings (SSSR count). The Balaban J connectivity index is 2.66. The molecule has 1 aromatic carbocycles. The van der Waals surface area contributed by atoms with Gasteiger partial charge < -0.3 is 5.32 Å². The van der Waals surface area contributed by atoms with Gasteiger partial charge in [0.2, 0.25) is 0 Å². The van der Waals surface area contributed by atoms with Crippen LogP contribution in [0.15, 0.2) is 18.2 Å². The average Bonchev–Trinajstić information content (AvgIpc) is 2.31. The van der Waals surface area contributed by atoms with Gasteiger partial charge in [0.1, 0.15) is 0 Å². The van der Waals surface area contributed by atoms with Crippen molar-refractivity contribution in [3.05, 3.63) is 34.9 Å². The minimum absolute atomic E-state index is 0.623. The Hall–Kier alpha value is -0.820. The Kier molecular flexibility index (Phi) is 6.42. The first-order chi connectivity index (χ1) is 8.52. The number of benzene rings is 1. The summed E-state index contributed by atoms with van der Waals surface area (Å²) in [5.74, 6) is 0.796. The largest absolute Gasteiger partial charge is 0.314 e. The minimum atomic E-state index is 0.623. The van der Waals surface area contributed by atoms with Crippen LogP contribution in [0.25, 0.3) is 0 Å². The van der Waals surface area contributed by atoms with E-state index in [1.807, 2.05) is 0 Å². The molecular formula is C17H29N. The molecule has 1 atom stereocenters. The number of aryl methyl sites for hydroxylation is 2. The summed E-state index contributed by atoms with van der Waals surface area (Å²) in [7, 11) is 0. The van der Waals surface area contributed by atoms with Crippen LogP contribution >= 0.6 is 0 Å². The normalized spacial score (nSPS) is 13.0. The molecule has 0 heterocycles. The first-order valence-corrected chi connectivity index (χ1v) is 7.32. The van der Waals surface area contributed by atoms with Gasteiger partial charge >= 0.3 is 0 Å². The van der Waals surface area contributed by atoms with Gasteiger partial charge in [-0.05, 0) is 56.7 Å². The van der Waals surface area contributed by atoms with E-state index in [0.29, 0.717) is 6.04 Å². The van der Waals surface area contributed by atoms with Gasteiger partial charge in [-0.25, -0.2) is 0 Å². The van der Waals surface area contributed by atoms with Crippen molar-refractivity contribution in [3.63, 3.8) is 0 Å². The molecule has 0 aliphatic heterocycles. The number of likely N-dealkylation sites (N-methyl/N-ethyl adjacent to an activating group) is 1. The number of rotatable bonds is 7. The van der Waals surface area contributed by atoms with Gasteiger partial charge in [-0.3, -0.25) is 0 Å². The molecule has 0 saturated carbocycles. The lowest BCUT2D eigenvalue weighted by molar-refractivity contribution is 0.434. The molecule has 1 nitrogen and oxygen atoms in total. The first kappa shape index (κ1) is 15.2. The summed E-state index contributed by atoms with van der Waals surface area (Å²) in [6, 6.07) is 7.42. The summed E-state index contributed by atoms with van der Waals surface area (Å²) >= 11 is 0. The fraction of sp³-hybridized carbons (Fsp3) is 0.647. The van der Waals surface area contributed by atoms with Crippen molar-refractivity contribution >= 4 is 0 Å². The van der Waals surface area contributed by atoms with Gasteiger partial charge in [-0.2, -0.15) is 0 Å². The highest BCUT2D eigenvalue weighted by molar-refractivity contribution is 5.31. The highest BCUT2D eigenvalue weighted by atomic mass is 14.9. The van der Waals surface area contributed by atoms with E-state index in [0.717, 1.165) is 18.9 Å². The highest BCUT2D eigenvalue weighted by Crippen LogP contribution is 2.16. The number of hydrogen-bond donors (Lipinski definition) is 1. The van der Waals surface area contributed by atoms with Gasteiger partial charge in [0, 0.05) is 6.04 Å². The maximum atomic E-state index is 3.63. The third kappa shape index (κ3) is 5.22. The zero-order chi connectivity index (χ0) is 13.5. The van der Waals surface area contributed by atoms with Crippen molar-refractivity contribution in [1.82, 2.24) is 5.32 Å². The Morgan fingerprint density at radius 3 is 2.44 bits per heavy atom. The molecule has 0 bridgehead atoms. The van der Waals surface area contributed by atoms with Gasteiger partial charge in [0.05, 0.1) is 0 Å². The lowest BCUT2D eigenvalue weighted by atomic mass is 9.94. The van der Waals surface area contributed by atoms with Crippen molar-refractivity contribution in [2.75, 3.05) is 6.54 Å². The third-order valence-corrected chi connectivity index (χ3v) is 3.56. The van der Waals surface area contributed by atoms with Crippen LogP contribution in [0.3, 0.4) is 0 Å². The molecule has 0 amide bonds. The molecule has 0 aromatic heterocycles. The van der Waals surface area contributed by atoms with Crippen LogP contribution in [-0.4, -0.2) is 12.6 Å². The smallest absolute Gasteiger partial charge is 0.0108 e. The summed E-state index contributed by atoms with van der Waals surface area (Å²) in [6.45, 7) is 12.3. The lowest BCUT2D eigenvalue weighted by Crippen LogP contribution is -2.31. The maximum absolute atomic E-state index is 3.63. The van der Waals surface area contributed by atoms with Crippen molar-refractivity contribution in [2.24, 2.45) is 5.92 Å². The zero-order valence-corrected chi connectivity index (χ0v) is 12.7.